The Hall–Kier alpha value is -2.32. The molecule has 3 aromatic rings. The van der Waals surface area contributed by atoms with Crippen LogP contribution in [-0.4, -0.2) is 50.0 Å². The molecule has 0 radical (unpaired) electrons. The normalized spacial score (nSPS) is 15.8. The van der Waals surface area contributed by atoms with Crippen molar-refractivity contribution < 1.29 is 0 Å². The van der Waals surface area contributed by atoms with Crippen LogP contribution in [0.1, 0.15) is 11.3 Å². The van der Waals surface area contributed by atoms with E-state index in [2.05, 4.69) is 24.8 Å². The van der Waals surface area contributed by atoms with Gasteiger partial charge in [-0.05, 0) is 43.1 Å². The fraction of sp³-hybridized carbons (Fsp3) is 0.412. The maximum absolute atomic E-state index is 12.7. The highest BCUT2D eigenvalue weighted by molar-refractivity contribution is 7.13. The average Bonchev–Trinajstić information content (AvgIpc) is 2.92. The Morgan fingerprint density at radius 2 is 1.84 bits per heavy atom. The number of hydrogen-bond donors (Lipinski definition) is 0. The first-order valence-electron chi connectivity index (χ1n) is 8.34. The predicted octanol–water partition coefficient (Wildman–Crippen LogP) is 1.64. The zero-order valence-electron chi connectivity index (χ0n) is 14.3. The van der Waals surface area contributed by atoms with Gasteiger partial charge in [-0.3, -0.25) is 9.69 Å². The average molecular weight is 356 g/mol. The van der Waals surface area contributed by atoms with Crippen LogP contribution in [0.4, 0.5) is 5.95 Å². The van der Waals surface area contributed by atoms with Crippen molar-refractivity contribution in [3.63, 3.8) is 0 Å². The molecule has 130 valence electrons. The first-order chi connectivity index (χ1) is 12.1. The molecular weight excluding hydrogens is 336 g/mol. The summed E-state index contributed by atoms with van der Waals surface area (Å²) in [7, 11) is 0. The molecule has 1 aliphatic heterocycles. The van der Waals surface area contributed by atoms with Gasteiger partial charge in [-0.15, -0.1) is 0 Å². The molecule has 0 atom stereocenters. The number of nitrogens with zero attached hydrogens (tertiary/aromatic N) is 6. The van der Waals surface area contributed by atoms with Gasteiger partial charge in [-0.2, -0.15) is 0 Å². The molecule has 1 saturated heterocycles. The summed E-state index contributed by atoms with van der Waals surface area (Å²) >= 11 is 1.46. The Labute approximate surface area is 149 Å². The summed E-state index contributed by atoms with van der Waals surface area (Å²) in [6, 6.07) is 3.80. The van der Waals surface area contributed by atoms with Crippen LogP contribution in [0.5, 0.6) is 0 Å². The number of hydrogen-bond acceptors (Lipinski definition) is 7. The van der Waals surface area contributed by atoms with Crippen molar-refractivity contribution >= 4 is 27.7 Å². The number of anilines is 1. The molecule has 8 heteroatoms. The van der Waals surface area contributed by atoms with Crippen LogP contribution >= 0.6 is 11.5 Å². The van der Waals surface area contributed by atoms with Crippen LogP contribution in [0, 0.1) is 13.8 Å². The molecule has 3 aromatic heterocycles. The van der Waals surface area contributed by atoms with Crippen molar-refractivity contribution in [2.24, 2.45) is 0 Å². The summed E-state index contributed by atoms with van der Waals surface area (Å²) < 4.78 is 1.82. The predicted molar refractivity (Wildman–Crippen MR) is 99.2 cm³/mol. The van der Waals surface area contributed by atoms with Gasteiger partial charge in [0.1, 0.15) is 4.83 Å². The van der Waals surface area contributed by atoms with E-state index in [1.54, 1.807) is 12.4 Å². The van der Waals surface area contributed by atoms with E-state index in [-0.39, 0.29) is 5.56 Å². The third kappa shape index (κ3) is 3.14. The van der Waals surface area contributed by atoms with Gasteiger partial charge >= 0.3 is 0 Å². The molecule has 0 N–H and O–H groups in total. The zero-order chi connectivity index (χ0) is 17.4. The number of piperazine rings is 1. The number of fused-ring (bicyclic) bond motifs is 1. The summed E-state index contributed by atoms with van der Waals surface area (Å²) in [5, 5.41) is 0.756. The van der Waals surface area contributed by atoms with Crippen LogP contribution in [-0.2, 0) is 6.67 Å². The topological polar surface area (TPSA) is 67.2 Å². The molecule has 0 bridgehead atoms. The van der Waals surface area contributed by atoms with Gasteiger partial charge in [0.15, 0.2) is 0 Å². The van der Waals surface area contributed by atoms with Crippen LogP contribution in [0.25, 0.3) is 10.2 Å². The molecule has 25 heavy (non-hydrogen) atoms. The Kier molecular flexibility index (Phi) is 4.22. The third-order valence-electron chi connectivity index (χ3n) is 4.48. The summed E-state index contributed by atoms with van der Waals surface area (Å²) in [5.74, 6) is 0.775. The molecule has 4 heterocycles. The lowest BCUT2D eigenvalue weighted by Gasteiger charge is -2.34. The molecule has 0 aliphatic carbocycles. The number of aryl methyl sites for hydroxylation is 2. The molecule has 0 unspecified atom stereocenters. The van der Waals surface area contributed by atoms with Crippen molar-refractivity contribution in [2.75, 3.05) is 31.1 Å². The van der Waals surface area contributed by atoms with Gasteiger partial charge < -0.3 is 4.90 Å². The molecule has 0 aromatic carbocycles. The SMILES string of the molecule is Cc1cc(C)c2c(=O)n(CN3CCN(c4ncccn4)CC3)sc2n1. The van der Waals surface area contributed by atoms with E-state index in [0.29, 0.717) is 6.67 Å². The first-order valence-corrected chi connectivity index (χ1v) is 9.11. The van der Waals surface area contributed by atoms with E-state index < -0.39 is 0 Å². The van der Waals surface area contributed by atoms with Crippen molar-refractivity contribution in [2.45, 2.75) is 20.5 Å². The highest BCUT2D eigenvalue weighted by Crippen LogP contribution is 2.19. The fourth-order valence-electron chi connectivity index (χ4n) is 3.22. The van der Waals surface area contributed by atoms with Crippen LogP contribution in [0.15, 0.2) is 29.3 Å². The number of pyridine rings is 1. The molecule has 7 nitrogen and oxygen atoms in total. The van der Waals surface area contributed by atoms with E-state index in [9.17, 15) is 4.79 Å². The van der Waals surface area contributed by atoms with E-state index in [0.717, 1.165) is 53.6 Å². The highest BCUT2D eigenvalue weighted by Gasteiger charge is 2.20. The Balaban J connectivity index is 1.49. The Bertz CT molecular complexity index is 943. The van der Waals surface area contributed by atoms with Gasteiger partial charge in [0.25, 0.3) is 5.56 Å². The lowest BCUT2D eigenvalue weighted by molar-refractivity contribution is 0.211. The van der Waals surface area contributed by atoms with E-state index in [4.69, 9.17) is 0 Å². The summed E-state index contributed by atoms with van der Waals surface area (Å²) in [6.45, 7) is 8.04. The molecule has 1 aliphatic rings. The minimum atomic E-state index is 0.0684. The highest BCUT2D eigenvalue weighted by atomic mass is 32.1. The molecule has 4 rings (SSSR count). The minimum absolute atomic E-state index is 0.0684. The second kappa shape index (κ2) is 6.53. The van der Waals surface area contributed by atoms with E-state index in [1.807, 2.05) is 29.9 Å². The summed E-state index contributed by atoms with van der Waals surface area (Å²) in [4.78, 5) is 31.1. The van der Waals surface area contributed by atoms with Crippen molar-refractivity contribution in [3.8, 4) is 0 Å². The number of aromatic nitrogens is 4. The first kappa shape index (κ1) is 16.2. The maximum atomic E-state index is 12.7. The number of rotatable bonds is 3. The Morgan fingerprint density at radius 1 is 1.12 bits per heavy atom. The Morgan fingerprint density at radius 3 is 2.56 bits per heavy atom. The summed E-state index contributed by atoms with van der Waals surface area (Å²) in [6.07, 6.45) is 3.53. The largest absolute Gasteiger partial charge is 0.338 e. The van der Waals surface area contributed by atoms with Gasteiger partial charge in [-0.25, -0.2) is 18.9 Å². The monoisotopic (exact) mass is 356 g/mol. The van der Waals surface area contributed by atoms with Crippen molar-refractivity contribution in [1.82, 2.24) is 23.8 Å². The molecule has 1 fully saturated rings. The maximum Gasteiger partial charge on any atom is 0.271 e. The van der Waals surface area contributed by atoms with Gasteiger partial charge in [0, 0.05) is 44.3 Å². The van der Waals surface area contributed by atoms with E-state index in [1.165, 1.54) is 11.5 Å². The molecule has 0 saturated carbocycles. The standard InChI is InChI=1S/C17H20N6OS/c1-12-10-13(2)20-15-14(12)16(24)23(25-15)11-21-6-8-22(9-7-21)17-18-4-3-5-19-17/h3-5,10H,6-9,11H2,1-2H3. The zero-order valence-corrected chi connectivity index (χ0v) is 15.2. The second-order valence-electron chi connectivity index (χ2n) is 6.33. The quantitative estimate of drug-likeness (QED) is 0.711. The molecule has 0 spiro atoms. The van der Waals surface area contributed by atoms with Crippen molar-refractivity contribution in [1.29, 1.82) is 0 Å². The third-order valence-corrected chi connectivity index (χ3v) is 5.45. The fourth-order valence-corrected chi connectivity index (χ4v) is 4.35. The van der Waals surface area contributed by atoms with Crippen LogP contribution in [0.2, 0.25) is 0 Å². The van der Waals surface area contributed by atoms with Crippen molar-refractivity contribution in [3.05, 3.63) is 46.1 Å². The smallest absolute Gasteiger partial charge is 0.271 e. The van der Waals surface area contributed by atoms with Crippen LogP contribution in [0.3, 0.4) is 0 Å². The lowest BCUT2D eigenvalue weighted by atomic mass is 10.2. The van der Waals surface area contributed by atoms with E-state index >= 15 is 0 Å². The van der Waals surface area contributed by atoms with Gasteiger partial charge in [0.2, 0.25) is 5.95 Å². The van der Waals surface area contributed by atoms with Crippen LogP contribution < -0.4 is 10.5 Å². The minimum Gasteiger partial charge on any atom is -0.338 e. The molecule has 0 amide bonds. The van der Waals surface area contributed by atoms with Gasteiger partial charge in [0.05, 0.1) is 12.1 Å². The summed E-state index contributed by atoms with van der Waals surface area (Å²) in [5.41, 5.74) is 2.03. The lowest BCUT2D eigenvalue weighted by Crippen LogP contribution is -2.47. The second-order valence-corrected chi connectivity index (χ2v) is 7.34. The molecular formula is C17H20N6OS. The van der Waals surface area contributed by atoms with Gasteiger partial charge in [-0.1, -0.05) is 0 Å².